The van der Waals surface area contributed by atoms with Crippen molar-refractivity contribution in [3.05, 3.63) is 65.2 Å². The highest BCUT2D eigenvalue weighted by molar-refractivity contribution is 5.96. The average molecular weight is 473 g/mol. The van der Waals surface area contributed by atoms with Crippen molar-refractivity contribution in [3.8, 4) is 0 Å². The van der Waals surface area contributed by atoms with Crippen LogP contribution < -0.4 is 5.32 Å². The number of hydrogen-bond acceptors (Lipinski definition) is 3. The van der Waals surface area contributed by atoms with Gasteiger partial charge in [-0.25, -0.2) is 0 Å². The fraction of sp³-hybridized carbons (Fsp3) is 0.481. The largest absolute Gasteiger partial charge is 0.416 e. The maximum Gasteiger partial charge on any atom is 0.416 e. The number of carbonyl (C=O) groups excluding carboxylic acids is 2. The molecule has 0 atom stereocenters. The number of nitrogens with zero attached hydrogens (tertiary/aromatic N) is 1. The summed E-state index contributed by atoms with van der Waals surface area (Å²) >= 11 is 0. The number of Topliss-reactive ketones (excluding diaryl/α,β-unsaturated/α-hetero) is 1. The molecule has 0 spiro atoms. The van der Waals surface area contributed by atoms with Crippen LogP contribution in [0.15, 0.2) is 48.5 Å². The number of benzene rings is 2. The van der Waals surface area contributed by atoms with Gasteiger partial charge < -0.3 is 10.2 Å². The van der Waals surface area contributed by atoms with Crippen LogP contribution in [0.1, 0.15) is 72.3 Å². The summed E-state index contributed by atoms with van der Waals surface area (Å²) in [6.07, 6.45) is 1.68. The molecular formula is C27H31F3N2O2. The van der Waals surface area contributed by atoms with Gasteiger partial charge in [0.05, 0.1) is 5.56 Å². The minimum Gasteiger partial charge on any atom is -0.326 e. The SMILES string of the molecule is O=C(CCCCN1CCC(c2cccc(NC(=O)C3CC3)c2)CC1)c1ccc(C(F)(F)F)cc1. The zero-order chi connectivity index (χ0) is 24.1. The maximum absolute atomic E-state index is 12.7. The van der Waals surface area contributed by atoms with Crippen LogP contribution in [0.2, 0.25) is 0 Å². The predicted molar refractivity (Wildman–Crippen MR) is 126 cm³/mol. The molecule has 1 amide bonds. The van der Waals surface area contributed by atoms with Crippen LogP contribution in [0.3, 0.4) is 0 Å². The zero-order valence-electron chi connectivity index (χ0n) is 19.2. The monoisotopic (exact) mass is 472 g/mol. The van der Waals surface area contributed by atoms with Crippen molar-refractivity contribution in [2.45, 2.75) is 57.0 Å². The number of likely N-dealkylation sites (tertiary alicyclic amines) is 1. The smallest absolute Gasteiger partial charge is 0.326 e. The van der Waals surface area contributed by atoms with Gasteiger partial charge in [-0.05, 0) is 93.9 Å². The minimum absolute atomic E-state index is 0.110. The zero-order valence-corrected chi connectivity index (χ0v) is 19.2. The number of carbonyl (C=O) groups is 2. The van der Waals surface area contributed by atoms with E-state index in [1.165, 1.54) is 17.7 Å². The highest BCUT2D eigenvalue weighted by Gasteiger charge is 2.30. The number of anilines is 1. The van der Waals surface area contributed by atoms with Gasteiger partial charge in [0, 0.05) is 23.6 Å². The Kier molecular flexibility index (Phi) is 7.71. The molecule has 0 aromatic heterocycles. The molecule has 0 radical (unpaired) electrons. The van der Waals surface area contributed by atoms with E-state index < -0.39 is 11.7 Å². The lowest BCUT2D eigenvalue weighted by Gasteiger charge is -2.32. The minimum atomic E-state index is -4.39. The van der Waals surface area contributed by atoms with Crippen molar-refractivity contribution in [2.75, 3.05) is 25.0 Å². The quantitative estimate of drug-likeness (QED) is 0.345. The van der Waals surface area contributed by atoms with Crippen LogP contribution >= 0.6 is 0 Å². The Morgan fingerprint density at radius 2 is 1.65 bits per heavy atom. The van der Waals surface area contributed by atoms with E-state index in [0.29, 0.717) is 17.9 Å². The van der Waals surface area contributed by atoms with E-state index in [2.05, 4.69) is 22.3 Å². The lowest BCUT2D eigenvalue weighted by Crippen LogP contribution is -2.33. The lowest BCUT2D eigenvalue weighted by molar-refractivity contribution is -0.137. The van der Waals surface area contributed by atoms with E-state index >= 15 is 0 Å². The van der Waals surface area contributed by atoms with Gasteiger partial charge in [0.25, 0.3) is 0 Å². The van der Waals surface area contributed by atoms with Crippen molar-refractivity contribution in [1.82, 2.24) is 4.90 Å². The molecule has 4 rings (SSSR count). The molecule has 182 valence electrons. The van der Waals surface area contributed by atoms with Crippen LogP contribution in [-0.4, -0.2) is 36.2 Å². The molecule has 1 heterocycles. The van der Waals surface area contributed by atoms with Gasteiger partial charge >= 0.3 is 6.18 Å². The van der Waals surface area contributed by atoms with Crippen LogP contribution in [0.25, 0.3) is 0 Å². The van der Waals surface area contributed by atoms with Gasteiger partial charge in [0.1, 0.15) is 0 Å². The molecule has 1 saturated carbocycles. The molecule has 7 heteroatoms. The number of alkyl halides is 3. The molecule has 2 fully saturated rings. The van der Waals surface area contributed by atoms with Gasteiger partial charge in [0.2, 0.25) is 5.91 Å². The Bertz CT molecular complexity index is 992. The fourth-order valence-electron chi connectivity index (χ4n) is 4.56. The number of rotatable bonds is 9. The van der Waals surface area contributed by atoms with Gasteiger partial charge in [-0.2, -0.15) is 13.2 Å². The van der Waals surface area contributed by atoms with Gasteiger partial charge in [-0.1, -0.05) is 24.3 Å². The first-order valence-electron chi connectivity index (χ1n) is 12.1. The summed E-state index contributed by atoms with van der Waals surface area (Å²) in [5, 5.41) is 3.03. The number of nitrogens with one attached hydrogen (secondary N) is 1. The summed E-state index contributed by atoms with van der Waals surface area (Å²) in [6, 6.07) is 12.7. The fourth-order valence-corrected chi connectivity index (χ4v) is 4.56. The van der Waals surface area contributed by atoms with Crippen molar-refractivity contribution in [1.29, 1.82) is 0 Å². The second kappa shape index (κ2) is 10.7. The van der Waals surface area contributed by atoms with E-state index in [1.807, 2.05) is 12.1 Å². The highest BCUT2D eigenvalue weighted by Crippen LogP contribution is 2.32. The summed E-state index contributed by atoms with van der Waals surface area (Å²) < 4.78 is 38.0. The Labute approximate surface area is 198 Å². The standard InChI is InChI=1S/C27H31F3N2O2/c28-27(29,30)23-11-9-20(10-12-23)25(33)6-1-2-15-32-16-13-19(14-17-32)22-4-3-5-24(18-22)31-26(34)21-7-8-21/h3-5,9-12,18-19,21H,1-2,6-8,13-17H2,(H,31,34). The van der Waals surface area contributed by atoms with E-state index in [0.717, 1.165) is 76.0 Å². The van der Waals surface area contributed by atoms with E-state index in [1.54, 1.807) is 0 Å². The number of ketones is 1. The van der Waals surface area contributed by atoms with E-state index in [4.69, 9.17) is 0 Å². The Hall–Kier alpha value is -2.67. The summed E-state index contributed by atoms with van der Waals surface area (Å²) in [4.78, 5) is 26.7. The number of amides is 1. The Morgan fingerprint density at radius 1 is 0.941 bits per heavy atom. The Balaban J connectivity index is 1.16. The molecule has 4 nitrogen and oxygen atoms in total. The third-order valence-electron chi connectivity index (χ3n) is 6.82. The third-order valence-corrected chi connectivity index (χ3v) is 6.82. The first-order chi connectivity index (χ1) is 16.3. The maximum atomic E-state index is 12.7. The van der Waals surface area contributed by atoms with Gasteiger partial charge in [-0.3, -0.25) is 9.59 Å². The molecule has 2 aromatic carbocycles. The Morgan fingerprint density at radius 3 is 2.29 bits per heavy atom. The summed E-state index contributed by atoms with van der Waals surface area (Å²) in [7, 11) is 0. The van der Waals surface area contributed by atoms with Crippen molar-refractivity contribution >= 4 is 17.4 Å². The normalized spacial score (nSPS) is 17.5. The number of piperidine rings is 1. The molecule has 0 unspecified atom stereocenters. The van der Waals surface area contributed by atoms with Crippen molar-refractivity contribution in [2.24, 2.45) is 5.92 Å². The number of unbranched alkanes of at least 4 members (excludes halogenated alkanes) is 1. The second-order valence-corrected chi connectivity index (χ2v) is 9.46. The molecule has 2 aromatic rings. The third kappa shape index (κ3) is 6.69. The summed E-state index contributed by atoms with van der Waals surface area (Å²) in [6.45, 7) is 2.91. The molecule has 1 aliphatic carbocycles. The van der Waals surface area contributed by atoms with Crippen LogP contribution in [-0.2, 0) is 11.0 Å². The topological polar surface area (TPSA) is 49.4 Å². The summed E-state index contributed by atoms with van der Waals surface area (Å²) in [5.74, 6) is 0.692. The van der Waals surface area contributed by atoms with Crippen LogP contribution in [0.4, 0.5) is 18.9 Å². The van der Waals surface area contributed by atoms with Gasteiger partial charge in [0.15, 0.2) is 5.78 Å². The first-order valence-corrected chi connectivity index (χ1v) is 12.1. The molecule has 1 saturated heterocycles. The molecule has 1 N–H and O–H groups in total. The van der Waals surface area contributed by atoms with Crippen LogP contribution in [0, 0.1) is 5.92 Å². The predicted octanol–water partition coefficient (Wildman–Crippen LogP) is 6.29. The molecule has 34 heavy (non-hydrogen) atoms. The van der Waals surface area contributed by atoms with Crippen LogP contribution in [0.5, 0.6) is 0 Å². The molecule has 2 aliphatic rings. The molecule has 1 aliphatic heterocycles. The van der Waals surface area contributed by atoms with E-state index in [9.17, 15) is 22.8 Å². The van der Waals surface area contributed by atoms with Crippen molar-refractivity contribution < 1.29 is 22.8 Å². The number of hydrogen-bond donors (Lipinski definition) is 1. The highest BCUT2D eigenvalue weighted by atomic mass is 19.4. The molecular weight excluding hydrogens is 441 g/mol. The average Bonchev–Trinajstić information content (AvgIpc) is 3.68. The molecule has 0 bridgehead atoms. The second-order valence-electron chi connectivity index (χ2n) is 9.46. The van der Waals surface area contributed by atoms with Crippen molar-refractivity contribution in [3.63, 3.8) is 0 Å². The van der Waals surface area contributed by atoms with Gasteiger partial charge in [-0.15, -0.1) is 0 Å². The lowest BCUT2D eigenvalue weighted by atomic mass is 9.89. The number of halogens is 3. The summed E-state index contributed by atoms with van der Waals surface area (Å²) in [5.41, 5.74) is 1.76. The first kappa shape index (κ1) is 24.5. The van der Waals surface area contributed by atoms with E-state index in [-0.39, 0.29) is 17.6 Å².